The predicted molar refractivity (Wildman–Crippen MR) is 122 cm³/mol. The molecule has 10 heteroatoms. The molecule has 0 aliphatic carbocycles. The average molecular weight is 477 g/mol. The van der Waals surface area contributed by atoms with Gasteiger partial charge in [-0.05, 0) is 42.0 Å². The summed E-state index contributed by atoms with van der Waals surface area (Å²) in [7, 11) is -2.59. The maximum Gasteiger partial charge on any atom is 0.262 e. The molecule has 3 aromatic carbocycles. The third-order valence-electron chi connectivity index (χ3n) is 4.35. The average Bonchev–Trinajstić information content (AvgIpc) is 2.76. The smallest absolute Gasteiger partial charge is 0.262 e. The van der Waals surface area contributed by atoms with E-state index >= 15 is 0 Å². The van der Waals surface area contributed by atoms with Gasteiger partial charge in [0.1, 0.15) is 18.1 Å². The van der Waals surface area contributed by atoms with Crippen LogP contribution < -0.4 is 14.8 Å². The van der Waals surface area contributed by atoms with E-state index in [4.69, 9.17) is 21.1 Å². The number of rotatable bonds is 9. The number of aromatic hydroxyl groups is 1. The van der Waals surface area contributed by atoms with E-state index in [2.05, 4.69) is 10.0 Å². The second-order valence-electron chi connectivity index (χ2n) is 6.62. The first kappa shape index (κ1) is 23.4. The number of hydrogen-bond donors (Lipinski definition) is 3. The van der Waals surface area contributed by atoms with E-state index in [0.717, 1.165) is 11.6 Å². The molecular formula is C22H21ClN2O6S. The number of methoxy groups -OCH3 is 1. The van der Waals surface area contributed by atoms with Gasteiger partial charge in [0, 0.05) is 5.02 Å². The van der Waals surface area contributed by atoms with Crippen LogP contribution in [-0.4, -0.2) is 33.1 Å². The fourth-order valence-corrected chi connectivity index (χ4v) is 4.06. The quantitative estimate of drug-likeness (QED) is 0.402. The molecule has 0 atom stereocenters. The number of phenolic OH excluding ortho intramolecular Hbond substituents is 1. The minimum absolute atomic E-state index is 0.0701. The van der Waals surface area contributed by atoms with Crippen molar-refractivity contribution in [1.82, 2.24) is 0 Å². The Labute approximate surface area is 190 Å². The number of halogens is 1. The molecule has 0 radical (unpaired) electrons. The van der Waals surface area contributed by atoms with Crippen LogP contribution in [0.25, 0.3) is 0 Å². The minimum Gasteiger partial charge on any atom is -0.506 e. The Morgan fingerprint density at radius 1 is 1.03 bits per heavy atom. The Hall–Kier alpha value is -3.27. The Kier molecular flexibility index (Phi) is 7.57. The van der Waals surface area contributed by atoms with Gasteiger partial charge < -0.3 is 19.9 Å². The van der Waals surface area contributed by atoms with Gasteiger partial charge in [-0.2, -0.15) is 0 Å². The summed E-state index contributed by atoms with van der Waals surface area (Å²) in [4.78, 5) is 12.1. The number of phenols is 1. The summed E-state index contributed by atoms with van der Waals surface area (Å²) in [5, 5.41) is 13.0. The zero-order valence-electron chi connectivity index (χ0n) is 17.0. The van der Waals surface area contributed by atoms with Gasteiger partial charge >= 0.3 is 0 Å². The number of para-hydroxylation sites is 2. The van der Waals surface area contributed by atoms with Gasteiger partial charge in [0.15, 0.2) is 0 Å². The first-order chi connectivity index (χ1) is 15.3. The van der Waals surface area contributed by atoms with Crippen molar-refractivity contribution in [3.05, 3.63) is 77.3 Å². The molecule has 3 N–H and O–H groups in total. The molecule has 3 rings (SSSR count). The highest BCUT2D eigenvalue weighted by Gasteiger charge is 2.19. The number of sulfonamides is 1. The van der Waals surface area contributed by atoms with Gasteiger partial charge in [0.05, 0.1) is 30.0 Å². The number of nitrogens with one attached hydrogen (secondary N) is 2. The standard InChI is InChI=1S/C22H21ClN2O6S/c1-30-21-9-5-4-8-18(21)25-32(28,29)16-10-11-20(26)19(12-16)24-22(27)14-31-13-15-6-2-3-7-17(15)23/h2-12,25-26H,13-14H2,1H3,(H,24,27). The molecule has 0 saturated carbocycles. The largest absolute Gasteiger partial charge is 0.506 e. The molecule has 8 nitrogen and oxygen atoms in total. The van der Waals surface area contributed by atoms with Crippen molar-refractivity contribution in [1.29, 1.82) is 0 Å². The van der Waals surface area contributed by atoms with Crippen LogP contribution in [0.5, 0.6) is 11.5 Å². The molecule has 0 saturated heterocycles. The molecule has 0 aliphatic rings. The zero-order chi connectivity index (χ0) is 23.1. The van der Waals surface area contributed by atoms with Crippen LogP contribution in [0, 0.1) is 0 Å². The highest BCUT2D eigenvalue weighted by atomic mass is 35.5. The van der Waals surface area contributed by atoms with E-state index in [9.17, 15) is 18.3 Å². The Morgan fingerprint density at radius 2 is 1.75 bits per heavy atom. The molecule has 0 fully saturated rings. The zero-order valence-corrected chi connectivity index (χ0v) is 18.6. The molecule has 0 bridgehead atoms. The van der Waals surface area contributed by atoms with Gasteiger partial charge in [-0.25, -0.2) is 8.42 Å². The van der Waals surface area contributed by atoms with Gasteiger partial charge in [-0.15, -0.1) is 0 Å². The SMILES string of the molecule is COc1ccccc1NS(=O)(=O)c1ccc(O)c(NC(=O)COCc2ccccc2Cl)c1. The molecule has 0 unspecified atom stereocenters. The lowest BCUT2D eigenvalue weighted by molar-refractivity contribution is -0.121. The molecule has 168 valence electrons. The Morgan fingerprint density at radius 3 is 2.50 bits per heavy atom. The maximum absolute atomic E-state index is 12.8. The third kappa shape index (κ3) is 5.91. The molecular weight excluding hydrogens is 456 g/mol. The molecule has 0 aliphatic heterocycles. The first-order valence-corrected chi connectivity index (χ1v) is 11.3. The summed E-state index contributed by atoms with van der Waals surface area (Å²) in [6.07, 6.45) is 0. The number of ether oxygens (including phenoxy) is 2. The number of hydrogen-bond acceptors (Lipinski definition) is 6. The van der Waals surface area contributed by atoms with Gasteiger partial charge in [0.2, 0.25) is 5.91 Å². The predicted octanol–water partition coefficient (Wildman–Crippen LogP) is 4.01. The van der Waals surface area contributed by atoms with Crippen LogP contribution >= 0.6 is 11.6 Å². The highest BCUT2D eigenvalue weighted by Crippen LogP contribution is 2.30. The summed E-state index contributed by atoms with van der Waals surface area (Å²) in [5.41, 5.74) is 0.904. The van der Waals surface area contributed by atoms with E-state index in [0.29, 0.717) is 10.8 Å². The molecule has 1 amide bonds. The first-order valence-electron chi connectivity index (χ1n) is 9.40. The van der Waals surface area contributed by atoms with Crippen molar-refractivity contribution in [2.45, 2.75) is 11.5 Å². The Balaban J connectivity index is 1.68. The second-order valence-corrected chi connectivity index (χ2v) is 8.71. The van der Waals surface area contributed by atoms with Crippen molar-refractivity contribution in [2.24, 2.45) is 0 Å². The minimum atomic E-state index is -4.02. The van der Waals surface area contributed by atoms with Crippen LogP contribution in [0.4, 0.5) is 11.4 Å². The lowest BCUT2D eigenvalue weighted by atomic mass is 10.2. The molecule has 0 heterocycles. The van der Waals surface area contributed by atoms with E-state index in [1.54, 1.807) is 48.5 Å². The van der Waals surface area contributed by atoms with Crippen molar-refractivity contribution < 1.29 is 27.8 Å². The summed E-state index contributed by atoms with van der Waals surface area (Å²) >= 11 is 6.04. The van der Waals surface area contributed by atoms with Crippen LogP contribution in [0.1, 0.15) is 5.56 Å². The third-order valence-corrected chi connectivity index (χ3v) is 6.08. The number of amides is 1. The number of anilines is 2. The van der Waals surface area contributed by atoms with Crippen LogP contribution in [0.2, 0.25) is 5.02 Å². The lowest BCUT2D eigenvalue weighted by Crippen LogP contribution is -2.19. The fourth-order valence-electron chi connectivity index (χ4n) is 2.77. The topological polar surface area (TPSA) is 114 Å². The van der Waals surface area contributed by atoms with E-state index in [-0.39, 0.29) is 35.2 Å². The molecule has 3 aromatic rings. The summed E-state index contributed by atoms with van der Waals surface area (Å²) in [6, 6.07) is 17.1. The van der Waals surface area contributed by atoms with Crippen molar-refractivity contribution in [2.75, 3.05) is 23.8 Å². The van der Waals surface area contributed by atoms with Gasteiger partial charge in [-0.3, -0.25) is 9.52 Å². The summed E-state index contributed by atoms with van der Waals surface area (Å²) < 4.78 is 38.5. The van der Waals surface area contributed by atoms with Crippen LogP contribution in [-0.2, 0) is 26.2 Å². The Bertz CT molecular complexity index is 1220. The van der Waals surface area contributed by atoms with Crippen LogP contribution in [0.3, 0.4) is 0 Å². The monoisotopic (exact) mass is 476 g/mol. The number of benzene rings is 3. The molecule has 0 aromatic heterocycles. The fraction of sp³-hybridized carbons (Fsp3) is 0.136. The molecule has 0 spiro atoms. The van der Waals surface area contributed by atoms with E-state index in [1.165, 1.54) is 19.2 Å². The van der Waals surface area contributed by atoms with Crippen molar-refractivity contribution in [3.63, 3.8) is 0 Å². The van der Waals surface area contributed by atoms with Crippen molar-refractivity contribution >= 4 is 38.9 Å². The maximum atomic E-state index is 12.8. The van der Waals surface area contributed by atoms with Crippen molar-refractivity contribution in [3.8, 4) is 11.5 Å². The number of carbonyl (C=O) groups excluding carboxylic acids is 1. The summed E-state index contributed by atoms with van der Waals surface area (Å²) in [5.74, 6) is -0.515. The van der Waals surface area contributed by atoms with Gasteiger partial charge in [-0.1, -0.05) is 41.9 Å². The highest BCUT2D eigenvalue weighted by molar-refractivity contribution is 7.92. The normalized spacial score (nSPS) is 11.1. The second kappa shape index (κ2) is 10.4. The summed E-state index contributed by atoms with van der Waals surface area (Å²) in [6.45, 7) is -0.197. The van der Waals surface area contributed by atoms with Crippen LogP contribution in [0.15, 0.2) is 71.6 Å². The lowest BCUT2D eigenvalue weighted by Gasteiger charge is -2.13. The van der Waals surface area contributed by atoms with Gasteiger partial charge in [0.25, 0.3) is 10.0 Å². The number of carbonyl (C=O) groups is 1. The van der Waals surface area contributed by atoms with E-state index in [1.807, 2.05) is 0 Å². The molecule has 32 heavy (non-hydrogen) atoms. The van der Waals surface area contributed by atoms with E-state index < -0.39 is 15.9 Å².